The molecule has 13 aromatic heterocycles. The molecule has 6 saturated carbocycles. The number of nitrogens with one attached hydrogen (secondary N) is 6. The van der Waals surface area contributed by atoms with Gasteiger partial charge in [0.05, 0.1) is 18.1 Å². The Bertz CT molecular complexity index is 6190. The number of aromatic nitrogens is 19. The van der Waals surface area contributed by atoms with E-state index in [-0.39, 0.29) is 58.8 Å². The Morgan fingerprint density at radius 1 is 0.387 bits per heavy atom. The van der Waals surface area contributed by atoms with Gasteiger partial charge in [0.2, 0.25) is 77.0 Å². The molecule has 19 rings (SSSR count). The summed E-state index contributed by atoms with van der Waals surface area (Å²) in [4.78, 5) is 133. The molecule has 0 aliphatic heterocycles. The monoisotopic (exact) mass is 1890 g/mol. The van der Waals surface area contributed by atoms with Crippen LogP contribution in [0.15, 0.2) is 91.1 Å². The van der Waals surface area contributed by atoms with Crippen LogP contribution in [0.1, 0.15) is 316 Å². The fraction of sp³-hybridized carbons (Fsp3) is 0.544. The molecule has 0 bridgehead atoms. The van der Waals surface area contributed by atoms with E-state index in [9.17, 15) is 33.9 Å². The number of aliphatic hydroxyl groups is 1. The number of imidazole rings is 6. The summed E-state index contributed by atoms with van der Waals surface area (Å²) in [5.41, 5.74) is 13.5. The summed E-state index contributed by atoms with van der Waals surface area (Å²) < 4.78 is 18.0. The summed E-state index contributed by atoms with van der Waals surface area (Å²) in [6, 6.07) is 28.7. The van der Waals surface area contributed by atoms with Crippen LogP contribution in [0, 0.1) is 63.2 Å². The third-order valence-electron chi connectivity index (χ3n) is 25.3. The average molecular weight is 1890 g/mol. The molecule has 6 aliphatic carbocycles. The van der Waals surface area contributed by atoms with Crippen LogP contribution < -0.4 is 36.6 Å². The number of halogens is 1. The van der Waals surface area contributed by atoms with Crippen LogP contribution in [0.3, 0.4) is 0 Å². The number of anilines is 6. The van der Waals surface area contributed by atoms with Gasteiger partial charge < -0.3 is 9.84 Å². The number of carbonyl (C=O) groups excluding carboxylic acids is 6. The topological polar surface area (TPSA) is 401 Å². The smallest absolute Gasteiger partial charge is 0.229 e. The van der Waals surface area contributed by atoms with Crippen molar-refractivity contribution in [2.45, 2.75) is 334 Å². The molecule has 730 valence electrons. The lowest BCUT2D eigenvalue weighted by Gasteiger charge is -2.37. The molecule has 0 aromatic carbocycles. The Kier molecular flexibility index (Phi) is 32.0. The van der Waals surface area contributed by atoms with E-state index in [0.717, 1.165) is 167 Å². The zero-order valence-corrected chi connectivity index (χ0v) is 84.0. The van der Waals surface area contributed by atoms with Crippen molar-refractivity contribution in [3.63, 3.8) is 0 Å². The second-order valence-electron chi connectivity index (χ2n) is 41.7. The van der Waals surface area contributed by atoms with Crippen LogP contribution >= 0.6 is 11.6 Å². The Morgan fingerprint density at radius 3 is 1.04 bits per heavy atom. The van der Waals surface area contributed by atoms with Gasteiger partial charge in [0.25, 0.3) is 0 Å². The first kappa shape index (κ1) is 101. The molecular formula is C103H138ClN25O8. The van der Waals surface area contributed by atoms with E-state index in [1.165, 1.54) is 44.9 Å². The number of amides is 6. The summed E-state index contributed by atoms with van der Waals surface area (Å²) in [5, 5.41) is 28.0. The number of aryl methyl sites for hydroxylation is 5. The van der Waals surface area contributed by atoms with E-state index in [4.69, 9.17) is 16.3 Å². The van der Waals surface area contributed by atoms with Crippen LogP contribution in [-0.2, 0) is 28.8 Å². The zero-order valence-electron chi connectivity index (χ0n) is 83.2. The molecule has 0 atom stereocenters. The molecule has 0 saturated heterocycles. The van der Waals surface area contributed by atoms with Gasteiger partial charge in [-0.25, -0.2) is 64.4 Å². The van der Waals surface area contributed by atoms with Gasteiger partial charge in [-0.1, -0.05) is 106 Å². The summed E-state index contributed by atoms with van der Waals surface area (Å²) in [6.45, 7) is 37.6. The number of nitrogens with zero attached hydrogens (tertiary/aromatic N) is 19. The van der Waals surface area contributed by atoms with Crippen molar-refractivity contribution in [1.82, 2.24) is 92.2 Å². The number of fused-ring (bicyclic) bond motifs is 6. The summed E-state index contributed by atoms with van der Waals surface area (Å²) >= 11 is 6.00. The van der Waals surface area contributed by atoms with Gasteiger partial charge in [0.1, 0.15) is 44.1 Å². The predicted octanol–water partition coefficient (Wildman–Crippen LogP) is 21.9. The highest BCUT2D eigenvalue weighted by Crippen LogP contribution is 2.45. The molecule has 137 heavy (non-hydrogen) atoms. The maximum absolute atomic E-state index is 12.6. The molecule has 6 amide bonds. The van der Waals surface area contributed by atoms with Crippen molar-refractivity contribution >= 4 is 150 Å². The predicted molar refractivity (Wildman–Crippen MR) is 540 cm³/mol. The highest BCUT2D eigenvalue weighted by atomic mass is 35.5. The third kappa shape index (κ3) is 26.0. The summed E-state index contributed by atoms with van der Waals surface area (Å²) in [6.07, 6.45) is 26.1. The first-order valence-electron chi connectivity index (χ1n) is 49.1. The van der Waals surface area contributed by atoms with Gasteiger partial charge in [-0.15, -0.1) is 0 Å². The van der Waals surface area contributed by atoms with Gasteiger partial charge >= 0.3 is 0 Å². The number of pyridine rings is 7. The fourth-order valence-corrected chi connectivity index (χ4v) is 17.8. The van der Waals surface area contributed by atoms with Gasteiger partial charge in [0.15, 0.2) is 33.9 Å². The lowest BCUT2D eigenvalue weighted by molar-refractivity contribution is -0.120. The SMILES string of the molecule is CC(C)CC(=O)Nc1nc2ccc(Cl)nc2n1C1CCC1.CC(C)Oc1ccc2nc(NC(=O)CC(C)(C)C)n(C3CCC3)c2n1.Cc1ccc(-n2c(NC(=O)CC3(C)CCC3)nc3ccc(C)nc32)nc1.Cc1ccc2nc(NC(=O)CC(C)(C)O)n(C3CCCC3)c2n1.Cc1ccc2nc(NC(=O)CC(C)C)n(C3CCC3)c2n1.Cc1ccc2nc(NC(=O)CC(C)C)n(C3CCC3)c2n1. The molecule has 7 N–H and O–H groups in total. The van der Waals surface area contributed by atoms with Crippen molar-refractivity contribution < 1.29 is 38.6 Å². The molecule has 13 heterocycles. The van der Waals surface area contributed by atoms with E-state index in [2.05, 4.69) is 143 Å². The quantitative estimate of drug-likeness (QED) is 0.0261. The first-order valence-corrected chi connectivity index (χ1v) is 49.5. The Hall–Kier alpha value is -12.3. The van der Waals surface area contributed by atoms with Gasteiger partial charge in [-0.3, -0.25) is 83.5 Å². The Morgan fingerprint density at radius 2 is 0.708 bits per heavy atom. The summed E-state index contributed by atoms with van der Waals surface area (Å²) in [7, 11) is 0. The lowest BCUT2D eigenvalue weighted by Crippen LogP contribution is -2.31. The standard InChI is InChI=1S/C20H23N5O.C19H28N4O2.C17H24N4O2.2C16H22N4O.C15H19ClN4O/c1-13-5-8-16(21-12-13)25-18-15(7-6-14(2)22-18)23-19(25)24-17(26)11-20(3)9-4-10-20;1-12(2)25-16-10-9-14-17(22-16)23(13-7-6-8-13)18(20-14)21-15(24)11-19(3,4)5;1-11-8-9-13-15(18-11)21(12-6-4-5-7-12)16(19-13)20-14(22)10-17(2,3)23;2*1-10(2)9-14(21)19-16-18-13-8-7-11(3)17-15(13)20(16)12-5-4-6-12;1-9(2)8-13(21)19-15-17-11-6-7-12(16)18-14(11)20(15)10-4-3-5-10/h5-8,12H,4,9-11H2,1-3H3,(H,23,24,26);9-10,12-13H,6-8,11H2,1-5H3,(H,20,21,24);8-9,12,23H,4-7,10H2,1-3H3,(H,19,20,22);2*7-8,10,12H,4-6,9H2,1-3H3,(H,18,19,21);6-7,9-10H,3-5,8H2,1-2H3,(H,17,19,21). The fourth-order valence-electron chi connectivity index (χ4n) is 17.6. The Labute approximate surface area is 806 Å². The molecule has 33 nitrogen and oxygen atoms in total. The minimum atomic E-state index is -1.04. The molecule has 34 heteroatoms. The number of rotatable bonds is 25. The number of ether oxygens (including phenoxy) is 1. The van der Waals surface area contributed by atoms with E-state index in [1.807, 2.05) is 178 Å². The van der Waals surface area contributed by atoms with Gasteiger partial charge in [-0.05, 0) is 272 Å². The molecular weight excluding hydrogens is 1750 g/mol. The highest BCUT2D eigenvalue weighted by Gasteiger charge is 2.37. The molecule has 0 spiro atoms. The third-order valence-corrected chi connectivity index (χ3v) is 25.5. The minimum absolute atomic E-state index is 0.00686. The van der Waals surface area contributed by atoms with Crippen LogP contribution in [0.5, 0.6) is 5.88 Å². The highest BCUT2D eigenvalue weighted by molar-refractivity contribution is 6.29. The second-order valence-corrected chi connectivity index (χ2v) is 42.1. The van der Waals surface area contributed by atoms with E-state index < -0.39 is 5.60 Å². The molecule has 6 fully saturated rings. The Balaban J connectivity index is 0.000000132. The molecule has 0 radical (unpaired) electrons. The second kappa shape index (κ2) is 43.6. The maximum Gasteiger partial charge on any atom is 0.229 e. The van der Waals surface area contributed by atoms with Crippen molar-refractivity contribution in [2.75, 3.05) is 31.9 Å². The van der Waals surface area contributed by atoms with E-state index in [1.54, 1.807) is 26.1 Å². The van der Waals surface area contributed by atoms with Crippen molar-refractivity contribution in [1.29, 1.82) is 0 Å². The molecule has 6 aliphatic rings. The number of carbonyl (C=O) groups is 6. The molecule has 0 unspecified atom stereocenters. The minimum Gasteiger partial charge on any atom is -0.475 e. The lowest BCUT2D eigenvalue weighted by atomic mass is 9.68. The van der Waals surface area contributed by atoms with E-state index in [0.29, 0.717) is 138 Å². The number of hydrogen-bond acceptors (Lipinski definition) is 21. The van der Waals surface area contributed by atoms with Gasteiger partial charge in [0, 0.05) is 97.4 Å². The van der Waals surface area contributed by atoms with Gasteiger partial charge in [-0.2, -0.15) is 4.98 Å². The van der Waals surface area contributed by atoms with Crippen LogP contribution in [0.4, 0.5) is 35.7 Å². The average Bonchev–Trinajstić information content (AvgIpc) is 1.67. The van der Waals surface area contributed by atoms with E-state index >= 15 is 0 Å². The van der Waals surface area contributed by atoms with Crippen molar-refractivity contribution in [2.24, 2.45) is 28.6 Å². The first-order chi connectivity index (χ1) is 65.1. The molecule has 13 aromatic rings. The maximum atomic E-state index is 12.6. The van der Waals surface area contributed by atoms with Crippen LogP contribution in [0.25, 0.3) is 72.8 Å². The normalized spacial score (nSPS) is 15.6. The van der Waals surface area contributed by atoms with Crippen LogP contribution in [-0.4, -0.2) is 144 Å². The largest absolute Gasteiger partial charge is 0.475 e. The zero-order chi connectivity index (χ0) is 98.1. The van der Waals surface area contributed by atoms with Crippen LogP contribution in [0.2, 0.25) is 5.15 Å². The van der Waals surface area contributed by atoms with Crippen molar-refractivity contribution in [3.8, 4) is 11.7 Å². The van der Waals surface area contributed by atoms with Crippen molar-refractivity contribution in [3.05, 3.63) is 125 Å². The summed E-state index contributed by atoms with van der Waals surface area (Å²) in [5.74, 6) is 5.59. The number of hydrogen-bond donors (Lipinski definition) is 7.